The number of hydrogen-bond donors (Lipinski definition) is 3. The van der Waals surface area contributed by atoms with Crippen LogP contribution in [0.15, 0.2) is 53.5 Å². The lowest BCUT2D eigenvalue weighted by atomic mass is 10.3. The van der Waals surface area contributed by atoms with Crippen molar-refractivity contribution in [3.63, 3.8) is 0 Å². The van der Waals surface area contributed by atoms with Crippen LogP contribution in [0.1, 0.15) is 6.42 Å². The first kappa shape index (κ1) is 20.4. The molecule has 0 radical (unpaired) electrons. The number of para-hydroxylation sites is 1. The van der Waals surface area contributed by atoms with Crippen LogP contribution in [0, 0.1) is 0 Å². The molecule has 0 aliphatic rings. The van der Waals surface area contributed by atoms with E-state index in [9.17, 15) is 0 Å². The summed E-state index contributed by atoms with van der Waals surface area (Å²) in [6.45, 7) is 1.48. The van der Waals surface area contributed by atoms with Crippen LogP contribution in [-0.4, -0.2) is 26.2 Å². The monoisotopic (exact) mass is 460 g/mol. The van der Waals surface area contributed by atoms with Gasteiger partial charge in [-0.05, 0) is 36.8 Å². The van der Waals surface area contributed by atoms with Gasteiger partial charge in [0.15, 0.2) is 5.96 Å². The third-order valence-electron chi connectivity index (χ3n) is 3.14. The second-order valence-corrected chi connectivity index (χ2v) is 5.29. The first-order chi connectivity index (χ1) is 11.2. The molecular weight excluding hydrogens is 439 g/mol. The Labute approximate surface area is 164 Å². The Bertz CT molecular complexity index is 652. The minimum Gasteiger partial charge on any atom is -0.495 e. The predicted octanol–water partition coefficient (Wildman–Crippen LogP) is 4.20. The van der Waals surface area contributed by atoms with Crippen molar-refractivity contribution in [2.75, 3.05) is 30.8 Å². The number of nitrogens with two attached hydrogens (primary N) is 1. The van der Waals surface area contributed by atoms with Crippen molar-refractivity contribution in [2.24, 2.45) is 10.7 Å². The Morgan fingerprint density at radius 3 is 2.58 bits per heavy atom. The van der Waals surface area contributed by atoms with Gasteiger partial charge in [0.2, 0.25) is 0 Å². The topological polar surface area (TPSA) is 71.7 Å². The minimum absolute atomic E-state index is 0. The van der Waals surface area contributed by atoms with E-state index in [0.717, 1.165) is 24.3 Å². The Kier molecular flexibility index (Phi) is 9.33. The van der Waals surface area contributed by atoms with Crippen molar-refractivity contribution in [3.05, 3.63) is 53.6 Å². The zero-order valence-corrected chi connectivity index (χ0v) is 16.5. The molecule has 2 aromatic carbocycles. The molecule has 130 valence electrons. The smallest absolute Gasteiger partial charge is 0.193 e. The number of ether oxygens (including phenoxy) is 1. The van der Waals surface area contributed by atoms with E-state index in [4.69, 9.17) is 22.1 Å². The average molecular weight is 461 g/mol. The van der Waals surface area contributed by atoms with E-state index < -0.39 is 0 Å². The lowest BCUT2D eigenvalue weighted by Gasteiger charge is -2.08. The lowest BCUT2D eigenvalue weighted by Crippen LogP contribution is -2.23. The Morgan fingerprint density at radius 2 is 1.92 bits per heavy atom. The van der Waals surface area contributed by atoms with E-state index in [1.807, 2.05) is 36.4 Å². The Hall–Kier alpha value is -1.67. The summed E-state index contributed by atoms with van der Waals surface area (Å²) in [5.41, 5.74) is 7.75. The molecule has 0 saturated carbocycles. The molecule has 4 N–H and O–H groups in total. The van der Waals surface area contributed by atoms with E-state index in [2.05, 4.69) is 15.6 Å². The summed E-state index contributed by atoms with van der Waals surface area (Å²) in [6, 6.07) is 15.4. The van der Waals surface area contributed by atoms with Gasteiger partial charge in [0.05, 0.1) is 12.1 Å². The van der Waals surface area contributed by atoms with Crippen LogP contribution in [-0.2, 0) is 0 Å². The highest BCUT2D eigenvalue weighted by Crippen LogP contribution is 2.26. The summed E-state index contributed by atoms with van der Waals surface area (Å²) >= 11 is 6.06. The van der Waals surface area contributed by atoms with Crippen LogP contribution >= 0.6 is 35.6 Å². The number of rotatable bonds is 7. The van der Waals surface area contributed by atoms with E-state index in [1.54, 1.807) is 19.2 Å². The number of aliphatic imine (C=N–C) groups is 1. The van der Waals surface area contributed by atoms with Gasteiger partial charge in [-0.1, -0.05) is 29.8 Å². The average Bonchev–Trinajstić information content (AvgIpc) is 2.56. The van der Waals surface area contributed by atoms with Gasteiger partial charge < -0.3 is 21.1 Å². The second kappa shape index (κ2) is 11.0. The fourth-order valence-corrected chi connectivity index (χ4v) is 2.26. The molecule has 0 fully saturated rings. The van der Waals surface area contributed by atoms with Crippen molar-refractivity contribution in [3.8, 4) is 5.75 Å². The van der Waals surface area contributed by atoms with Gasteiger partial charge in [0, 0.05) is 24.5 Å². The van der Waals surface area contributed by atoms with Gasteiger partial charge in [-0.25, -0.2) is 0 Å². The highest BCUT2D eigenvalue weighted by Gasteiger charge is 2.02. The summed E-state index contributed by atoms with van der Waals surface area (Å²) in [4.78, 5) is 4.29. The van der Waals surface area contributed by atoms with Crippen LogP contribution in [0.4, 0.5) is 11.4 Å². The molecule has 0 bridgehead atoms. The molecule has 0 atom stereocenters. The van der Waals surface area contributed by atoms with Gasteiger partial charge in [-0.15, -0.1) is 24.0 Å². The zero-order valence-electron chi connectivity index (χ0n) is 13.5. The summed E-state index contributed by atoms with van der Waals surface area (Å²) < 4.78 is 5.11. The van der Waals surface area contributed by atoms with Gasteiger partial charge >= 0.3 is 0 Å². The SMILES string of the molecule is COc1ccc(NC(N)=NCCCNc2ccccc2)cc1Cl.I. The maximum absolute atomic E-state index is 6.06. The molecule has 0 saturated heterocycles. The molecule has 0 unspecified atom stereocenters. The molecule has 0 heterocycles. The number of nitrogens with one attached hydrogen (secondary N) is 2. The first-order valence-electron chi connectivity index (χ1n) is 7.38. The number of nitrogens with zero attached hydrogens (tertiary/aromatic N) is 1. The normalized spacial score (nSPS) is 10.7. The summed E-state index contributed by atoms with van der Waals surface area (Å²) in [5.74, 6) is 0.991. The Morgan fingerprint density at radius 1 is 1.17 bits per heavy atom. The molecule has 0 amide bonds. The van der Waals surface area contributed by atoms with Crippen LogP contribution in [0.5, 0.6) is 5.75 Å². The minimum atomic E-state index is 0. The van der Waals surface area contributed by atoms with E-state index in [0.29, 0.717) is 23.3 Å². The summed E-state index contributed by atoms with van der Waals surface area (Å²) in [7, 11) is 1.58. The standard InChI is InChI=1S/C17H21ClN4O.HI/c1-23-16-9-8-14(12-15(16)18)22-17(19)21-11-5-10-20-13-6-3-2-4-7-13;/h2-4,6-9,12,20H,5,10-11H2,1H3,(H3,19,21,22);1H. The van der Waals surface area contributed by atoms with Crippen molar-refractivity contribution in [1.82, 2.24) is 0 Å². The number of methoxy groups -OCH3 is 1. The molecule has 7 heteroatoms. The number of halogens is 2. The fraction of sp³-hybridized carbons (Fsp3) is 0.235. The van der Waals surface area contributed by atoms with Crippen LogP contribution in [0.3, 0.4) is 0 Å². The fourth-order valence-electron chi connectivity index (χ4n) is 2.00. The summed E-state index contributed by atoms with van der Waals surface area (Å²) in [6.07, 6.45) is 0.890. The van der Waals surface area contributed by atoms with Gasteiger partial charge in [0.1, 0.15) is 5.75 Å². The Balaban J connectivity index is 0.00000288. The third-order valence-corrected chi connectivity index (χ3v) is 3.44. The molecule has 0 aliphatic heterocycles. The largest absolute Gasteiger partial charge is 0.495 e. The van der Waals surface area contributed by atoms with Gasteiger partial charge in [-0.3, -0.25) is 4.99 Å². The van der Waals surface area contributed by atoms with Crippen molar-refractivity contribution >= 4 is 52.9 Å². The predicted molar refractivity (Wildman–Crippen MR) is 113 cm³/mol. The second-order valence-electron chi connectivity index (χ2n) is 4.89. The maximum atomic E-state index is 6.06. The number of guanidine groups is 1. The molecule has 0 spiro atoms. The lowest BCUT2D eigenvalue weighted by molar-refractivity contribution is 0.415. The van der Waals surface area contributed by atoms with Gasteiger partial charge in [0.25, 0.3) is 0 Å². The summed E-state index contributed by atoms with van der Waals surface area (Å²) in [5, 5.41) is 6.86. The molecular formula is C17H22ClIN4O. The highest BCUT2D eigenvalue weighted by molar-refractivity contribution is 14.0. The van der Waals surface area contributed by atoms with E-state index in [-0.39, 0.29) is 24.0 Å². The van der Waals surface area contributed by atoms with Crippen LogP contribution < -0.4 is 21.1 Å². The molecule has 2 rings (SSSR count). The van der Waals surface area contributed by atoms with E-state index >= 15 is 0 Å². The van der Waals surface area contributed by atoms with Crippen molar-refractivity contribution < 1.29 is 4.74 Å². The molecule has 24 heavy (non-hydrogen) atoms. The third kappa shape index (κ3) is 6.84. The first-order valence-corrected chi connectivity index (χ1v) is 7.76. The molecule has 0 aliphatic carbocycles. The van der Waals surface area contributed by atoms with Gasteiger partial charge in [-0.2, -0.15) is 0 Å². The highest BCUT2D eigenvalue weighted by atomic mass is 127. The molecule has 5 nitrogen and oxygen atoms in total. The van der Waals surface area contributed by atoms with Crippen LogP contribution in [0.2, 0.25) is 5.02 Å². The maximum Gasteiger partial charge on any atom is 0.193 e. The van der Waals surface area contributed by atoms with Crippen LogP contribution in [0.25, 0.3) is 0 Å². The quantitative estimate of drug-likeness (QED) is 0.251. The van der Waals surface area contributed by atoms with Crippen molar-refractivity contribution in [1.29, 1.82) is 0 Å². The molecule has 2 aromatic rings. The number of hydrogen-bond acceptors (Lipinski definition) is 3. The number of anilines is 2. The van der Waals surface area contributed by atoms with E-state index in [1.165, 1.54) is 0 Å². The zero-order chi connectivity index (χ0) is 16.5. The van der Waals surface area contributed by atoms with Crippen molar-refractivity contribution in [2.45, 2.75) is 6.42 Å². The number of benzene rings is 2. The molecule has 0 aromatic heterocycles.